The van der Waals surface area contributed by atoms with E-state index < -0.39 is 35.4 Å². The summed E-state index contributed by atoms with van der Waals surface area (Å²) in [6, 6.07) is 21.3. The normalized spacial score (nSPS) is 12.3. The monoisotopic (exact) mass is 673 g/mol. The second kappa shape index (κ2) is 15.5. The maximum Gasteiger partial charge on any atom is 0.425 e. The van der Waals surface area contributed by atoms with Crippen LogP contribution in [0.15, 0.2) is 83.9 Å². The van der Waals surface area contributed by atoms with E-state index >= 15 is 0 Å². The number of pyridine rings is 1. The third-order valence-electron chi connectivity index (χ3n) is 6.82. The number of nitrogens with two attached hydrogens (primary N) is 1. The van der Waals surface area contributed by atoms with Crippen LogP contribution in [0.25, 0.3) is 10.8 Å². The Bertz CT molecular complexity index is 1720. The number of ether oxygens (including phenoxy) is 2. The second-order valence-electron chi connectivity index (χ2n) is 13.1. The second-order valence-corrected chi connectivity index (χ2v) is 14.1. The number of aromatic nitrogens is 1. The lowest BCUT2D eigenvalue weighted by Gasteiger charge is -2.28. The van der Waals surface area contributed by atoms with Crippen LogP contribution < -0.4 is 20.7 Å². The Kier molecular flexibility index (Phi) is 11.7. The number of carboxylic acid groups (broad SMARTS) is 1. The van der Waals surface area contributed by atoms with Crippen LogP contribution in [0.3, 0.4) is 0 Å². The van der Waals surface area contributed by atoms with Gasteiger partial charge in [-0.25, -0.2) is 19.4 Å². The molecular formula is C36H43N5O6S. The molecule has 0 saturated carbocycles. The highest BCUT2D eigenvalue weighted by molar-refractivity contribution is 7.97. The third kappa shape index (κ3) is 10.2. The minimum Gasteiger partial charge on any atom is -0.479 e. The van der Waals surface area contributed by atoms with Gasteiger partial charge in [-0.3, -0.25) is 4.72 Å². The van der Waals surface area contributed by atoms with E-state index in [2.05, 4.69) is 21.1 Å². The van der Waals surface area contributed by atoms with Crippen LogP contribution >= 0.6 is 11.9 Å². The molecule has 11 nitrogen and oxygen atoms in total. The molecule has 0 bridgehead atoms. The van der Waals surface area contributed by atoms with Gasteiger partial charge in [-0.15, -0.1) is 0 Å². The van der Waals surface area contributed by atoms with E-state index in [9.17, 15) is 19.5 Å². The number of hydrogen-bond acceptors (Lipinski definition) is 10. The molecule has 0 fully saturated rings. The van der Waals surface area contributed by atoms with Crippen molar-refractivity contribution < 1.29 is 29.0 Å². The smallest absolute Gasteiger partial charge is 0.425 e. The van der Waals surface area contributed by atoms with E-state index in [1.807, 2.05) is 42.5 Å². The number of amides is 2. The summed E-state index contributed by atoms with van der Waals surface area (Å²) in [6.07, 6.45) is 0.362. The van der Waals surface area contributed by atoms with E-state index in [1.54, 1.807) is 77.8 Å². The highest BCUT2D eigenvalue weighted by Gasteiger charge is 2.34. The Morgan fingerprint density at radius 3 is 2.17 bits per heavy atom. The number of benzene rings is 3. The number of carboxylic acids is 1. The Morgan fingerprint density at radius 2 is 1.56 bits per heavy atom. The van der Waals surface area contributed by atoms with Crippen molar-refractivity contribution in [2.45, 2.75) is 76.6 Å². The zero-order valence-electron chi connectivity index (χ0n) is 28.1. The number of rotatable bonds is 11. The topological polar surface area (TPSA) is 156 Å². The van der Waals surface area contributed by atoms with Crippen molar-refractivity contribution in [2.75, 3.05) is 16.8 Å². The fraction of sp³-hybridized carbons (Fsp3) is 0.333. The predicted octanol–water partition coefficient (Wildman–Crippen LogP) is 7.45. The van der Waals surface area contributed by atoms with Crippen LogP contribution in [0.2, 0.25) is 0 Å². The zero-order valence-corrected chi connectivity index (χ0v) is 28.9. The van der Waals surface area contributed by atoms with Crippen molar-refractivity contribution in [1.82, 2.24) is 9.71 Å². The van der Waals surface area contributed by atoms with Gasteiger partial charge < -0.3 is 25.6 Å². The average Bonchev–Trinajstić information content (AvgIpc) is 3.00. The van der Waals surface area contributed by atoms with E-state index in [0.717, 1.165) is 33.9 Å². The third-order valence-corrected chi connectivity index (χ3v) is 7.66. The van der Waals surface area contributed by atoms with Gasteiger partial charge in [0.15, 0.2) is 11.9 Å². The fourth-order valence-electron chi connectivity index (χ4n) is 4.69. The standard InChI is InChI=1S/C36H43N5O6S/c1-35(2,3)46-33(44)41(34(45)47-36(4,5)6)31-29-15-14-27(21-26(29)17-18-38-31)40-30(32(42)43)25-12-10-23(11-13-25)16-19-39-48-28-9-7-8-24(20-28)22-37/h7-15,17-18,20-21,30,39-40H,16,19,22,37H2,1-6H3,(H,42,43). The summed E-state index contributed by atoms with van der Waals surface area (Å²) in [5.41, 5.74) is 7.23. The van der Waals surface area contributed by atoms with Crippen LogP contribution in [0, 0.1) is 0 Å². The van der Waals surface area contributed by atoms with Crippen LogP contribution in [-0.4, -0.2) is 46.0 Å². The van der Waals surface area contributed by atoms with Gasteiger partial charge >= 0.3 is 18.2 Å². The van der Waals surface area contributed by atoms with Crippen molar-refractivity contribution in [3.8, 4) is 0 Å². The highest BCUT2D eigenvalue weighted by Crippen LogP contribution is 2.31. The van der Waals surface area contributed by atoms with Crippen LogP contribution in [-0.2, 0) is 27.2 Å². The molecule has 1 unspecified atom stereocenters. The number of hydrogen-bond donors (Lipinski definition) is 4. The molecule has 4 rings (SSSR count). The molecule has 48 heavy (non-hydrogen) atoms. The number of carbonyl (C=O) groups is 3. The number of nitrogens with one attached hydrogen (secondary N) is 2. The fourth-order valence-corrected chi connectivity index (χ4v) is 5.42. The summed E-state index contributed by atoms with van der Waals surface area (Å²) in [7, 11) is 0. The first-order valence-corrected chi connectivity index (χ1v) is 16.4. The summed E-state index contributed by atoms with van der Waals surface area (Å²) in [4.78, 5) is 45.0. The lowest BCUT2D eigenvalue weighted by molar-refractivity contribution is -0.138. The zero-order chi connectivity index (χ0) is 35.1. The van der Waals surface area contributed by atoms with E-state index in [0.29, 0.717) is 28.6 Å². The maximum atomic E-state index is 13.2. The minimum atomic E-state index is -1.04. The number of imide groups is 1. The first-order valence-electron chi connectivity index (χ1n) is 15.6. The summed E-state index contributed by atoms with van der Waals surface area (Å²) >= 11 is 1.55. The molecule has 0 aliphatic heterocycles. The molecule has 0 radical (unpaired) electrons. The molecule has 254 valence electrons. The van der Waals surface area contributed by atoms with Crippen molar-refractivity contribution >= 4 is 52.4 Å². The van der Waals surface area contributed by atoms with E-state index in [4.69, 9.17) is 15.2 Å². The highest BCUT2D eigenvalue weighted by atomic mass is 32.2. The Balaban J connectivity index is 1.49. The molecule has 0 aliphatic rings. The number of nitrogens with zero attached hydrogens (tertiary/aromatic N) is 2. The number of anilines is 2. The van der Waals surface area contributed by atoms with Crippen LogP contribution in [0.4, 0.5) is 21.1 Å². The van der Waals surface area contributed by atoms with Crippen molar-refractivity contribution in [2.24, 2.45) is 5.73 Å². The Hall–Kier alpha value is -4.65. The molecule has 0 spiro atoms. The molecule has 12 heteroatoms. The van der Waals surface area contributed by atoms with Crippen molar-refractivity contribution in [3.05, 3.63) is 95.7 Å². The van der Waals surface area contributed by atoms with Crippen LogP contribution in [0.5, 0.6) is 0 Å². The Morgan fingerprint density at radius 1 is 0.896 bits per heavy atom. The van der Waals surface area contributed by atoms with Crippen LogP contribution in [0.1, 0.15) is 64.3 Å². The summed E-state index contributed by atoms with van der Waals surface area (Å²) < 4.78 is 14.4. The first-order chi connectivity index (χ1) is 22.6. The molecule has 0 aliphatic carbocycles. The molecule has 0 saturated heterocycles. The SMILES string of the molecule is CC(C)(C)OC(=O)N(C(=O)OC(C)(C)C)c1nccc2cc(NC(C(=O)O)c3ccc(CCNSc4cccc(CN)c4)cc3)ccc12. The first kappa shape index (κ1) is 36.2. The van der Waals surface area contributed by atoms with Crippen molar-refractivity contribution in [1.29, 1.82) is 0 Å². The molecule has 3 aromatic carbocycles. The van der Waals surface area contributed by atoms with Gasteiger partial charge in [-0.2, -0.15) is 4.90 Å². The van der Waals surface area contributed by atoms with E-state index in [-0.39, 0.29) is 5.82 Å². The molecule has 4 aromatic rings. The number of aliphatic carboxylic acids is 1. The molecular weight excluding hydrogens is 630 g/mol. The van der Waals surface area contributed by atoms with Gasteiger partial charge in [-0.05, 0) is 118 Å². The summed E-state index contributed by atoms with van der Waals surface area (Å²) in [6.45, 7) is 11.4. The van der Waals surface area contributed by atoms with Gasteiger partial charge in [0.25, 0.3) is 0 Å². The maximum absolute atomic E-state index is 13.2. The van der Waals surface area contributed by atoms with Gasteiger partial charge in [0.1, 0.15) is 11.2 Å². The summed E-state index contributed by atoms with van der Waals surface area (Å²) in [5, 5.41) is 14.3. The molecule has 1 atom stereocenters. The minimum absolute atomic E-state index is 0.0323. The van der Waals surface area contributed by atoms with Crippen molar-refractivity contribution in [3.63, 3.8) is 0 Å². The van der Waals surface area contributed by atoms with E-state index in [1.165, 1.54) is 6.20 Å². The average molecular weight is 674 g/mol. The molecule has 1 heterocycles. The molecule has 1 aromatic heterocycles. The van der Waals surface area contributed by atoms with Gasteiger partial charge in [0.05, 0.1) is 0 Å². The Labute approximate surface area is 285 Å². The largest absolute Gasteiger partial charge is 0.479 e. The number of carbonyl (C=O) groups excluding carboxylic acids is 2. The number of fused-ring (bicyclic) bond motifs is 1. The van der Waals surface area contributed by atoms with Gasteiger partial charge in [-0.1, -0.05) is 36.4 Å². The molecule has 5 N–H and O–H groups in total. The van der Waals surface area contributed by atoms with Gasteiger partial charge in [0, 0.05) is 35.3 Å². The molecule has 2 amide bonds. The predicted molar refractivity (Wildman–Crippen MR) is 189 cm³/mol. The van der Waals surface area contributed by atoms with Gasteiger partial charge in [0.2, 0.25) is 0 Å². The summed E-state index contributed by atoms with van der Waals surface area (Å²) in [5.74, 6) is -1.01. The lowest BCUT2D eigenvalue weighted by Crippen LogP contribution is -2.44. The quantitative estimate of drug-likeness (QED) is 0.0926. The lowest BCUT2D eigenvalue weighted by atomic mass is 10.0.